The maximum atomic E-state index is 13.1. The lowest BCUT2D eigenvalue weighted by Gasteiger charge is -2.09. The fraction of sp³-hybridized carbons (Fsp3) is 0.400. The molecule has 1 aromatic heterocycles. The lowest BCUT2D eigenvalue weighted by Crippen LogP contribution is -2.17. The molecule has 1 saturated carbocycles. The van der Waals surface area contributed by atoms with Crippen LogP contribution in [0.4, 0.5) is 4.39 Å². The molecule has 1 aliphatic carbocycles. The standard InChI is InChI=1S/C15H16FNO/c16-13-5-6-14-12(9-13)7-8-17(14)10-15(18)11-3-1-2-4-11/h5-9,11H,1-4,10H2. The smallest absolute Gasteiger partial charge is 0.155 e. The van der Waals surface area contributed by atoms with Gasteiger partial charge in [-0.1, -0.05) is 12.8 Å². The summed E-state index contributed by atoms with van der Waals surface area (Å²) < 4.78 is 15.0. The van der Waals surface area contributed by atoms with E-state index in [9.17, 15) is 9.18 Å². The minimum absolute atomic E-state index is 0.234. The molecule has 1 fully saturated rings. The van der Waals surface area contributed by atoms with E-state index in [4.69, 9.17) is 0 Å². The van der Waals surface area contributed by atoms with Crippen LogP contribution in [0.2, 0.25) is 0 Å². The molecule has 0 aliphatic heterocycles. The molecule has 1 aromatic carbocycles. The first-order valence-corrected chi connectivity index (χ1v) is 6.51. The van der Waals surface area contributed by atoms with Crippen molar-refractivity contribution in [2.75, 3.05) is 0 Å². The topological polar surface area (TPSA) is 22.0 Å². The zero-order valence-corrected chi connectivity index (χ0v) is 10.2. The molecular weight excluding hydrogens is 229 g/mol. The summed E-state index contributed by atoms with van der Waals surface area (Å²) in [6.45, 7) is 0.416. The summed E-state index contributed by atoms with van der Waals surface area (Å²) >= 11 is 0. The van der Waals surface area contributed by atoms with Crippen LogP contribution in [0, 0.1) is 11.7 Å². The number of benzene rings is 1. The van der Waals surface area contributed by atoms with Crippen molar-refractivity contribution in [2.24, 2.45) is 5.92 Å². The Kier molecular flexibility index (Phi) is 2.90. The zero-order valence-electron chi connectivity index (χ0n) is 10.2. The molecular formula is C15H16FNO. The third-order valence-corrected chi connectivity index (χ3v) is 3.87. The van der Waals surface area contributed by atoms with E-state index in [-0.39, 0.29) is 11.7 Å². The van der Waals surface area contributed by atoms with Crippen molar-refractivity contribution < 1.29 is 9.18 Å². The molecule has 0 atom stereocenters. The Morgan fingerprint density at radius 3 is 2.83 bits per heavy atom. The molecule has 3 rings (SSSR count). The Bertz CT molecular complexity index is 581. The molecule has 0 saturated heterocycles. The molecule has 2 aromatic rings. The number of rotatable bonds is 3. The third kappa shape index (κ3) is 2.05. The van der Waals surface area contributed by atoms with Crippen LogP contribution < -0.4 is 0 Å². The number of hydrogen-bond donors (Lipinski definition) is 0. The van der Waals surface area contributed by atoms with E-state index in [1.165, 1.54) is 25.0 Å². The van der Waals surface area contributed by atoms with Crippen LogP contribution in [0.5, 0.6) is 0 Å². The largest absolute Gasteiger partial charge is 0.340 e. The van der Waals surface area contributed by atoms with E-state index in [0.29, 0.717) is 12.3 Å². The molecule has 0 amide bonds. The molecule has 1 heterocycles. The number of fused-ring (bicyclic) bond motifs is 1. The molecule has 0 spiro atoms. The minimum atomic E-state index is -0.234. The highest BCUT2D eigenvalue weighted by molar-refractivity contribution is 5.85. The van der Waals surface area contributed by atoms with Gasteiger partial charge in [-0.05, 0) is 37.1 Å². The fourth-order valence-electron chi connectivity index (χ4n) is 2.85. The van der Waals surface area contributed by atoms with Gasteiger partial charge < -0.3 is 4.57 Å². The predicted molar refractivity (Wildman–Crippen MR) is 68.9 cm³/mol. The van der Waals surface area contributed by atoms with Gasteiger partial charge >= 0.3 is 0 Å². The second-order valence-corrected chi connectivity index (χ2v) is 5.09. The number of carbonyl (C=O) groups is 1. The number of Topliss-reactive ketones (excluding diaryl/α,β-unsaturated/α-hetero) is 1. The summed E-state index contributed by atoms with van der Waals surface area (Å²) in [5, 5.41) is 0.856. The molecule has 2 nitrogen and oxygen atoms in total. The van der Waals surface area contributed by atoms with E-state index in [0.717, 1.165) is 23.7 Å². The first-order chi connectivity index (χ1) is 8.74. The predicted octanol–water partition coefficient (Wildman–Crippen LogP) is 3.54. The molecule has 0 radical (unpaired) electrons. The number of ketones is 1. The second kappa shape index (κ2) is 4.56. The van der Waals surface area contributed by atoms with Gasteiger partial charge in [-0.25, -0.2) is 4.39 Å². The first kappa shape index (κ1) is 11.5. The molecule has 3 heteroatoms. The van der Waals surface area contributed by atoms with Crippen LogP contribution in [0.1, 0.15) is 25.7 Å². The normalized spacial score (nSPS) is 16.5. The highest BCUT2D eigenvalue weighted by Gasteiger charge is 2.22. The average molecular weight is 245 g/mol. The van der Waals surface area contributed by atoms with Crippen molar-refractivity contribution >= 4 is 16.7 Å². The van der Waals surface area contributed by atoms with Gasteiger partial charge in [-0.3, -0.25) is 4.79 Å². The Morgan fingerprint density at radius 1 is 1.28 bits per heavy atom. The van der Waals surface area contributed by atoms with Gasteiger partial charge in [0.1, 0.15) is 5.82 Å². The van der Waals surface area contributed by atoms with Crippen molar-refractivity contribution in [2.45, 2.75) is 32.2 Å². The van der Waals surface area contributed by atoms with Gasteiger partial charge in [-0.15, -0.1) is 0 Å². The number of halogens is 1. The molecule has 94 valence electrons. The monoisotopic (exact) mass is 245 g/mol. The van der Waals surface area contributed by atoms with Crippen LogP contribution in [-0.2, 0) is 11.3 Å². The average Bonchev–Trinajstić information content (AvgIpc) is 2.98. The lowest BCUT2D eigenvalue weighted by atomic mass is 10.0. The summed E-state index contributed by atoms with van der Waals surface area (Å²) in [4.78, 5) is 12.1. The van der Waals surface area contributed by atoms with Crippen LogP contribution in [-0.4, -0.2) is 10.4 Å². The molecule has 0 N–H and O–H groups in total. The summed E-state index contributed by atoms with van der Waals surface area (Å²) in [7, 11) is 0. The van der Waals surface area contributed by atoms with E-state index in [1.807, 2.05) is 16.8 Å². The highest BCUT2D eigenvalue weighted by atomic mass is 19.1. The summed E-state index contributed by atoms with van der Waals surface area (Å²) in [5.41, 5.74) is 0.933. The van der Waals surface area contributed by atoms with Crippen molar-refractivity contribution in [3.63, 3.8) is 0 Å². The van der Waals surface area contributed by atoms with Gasteiger partial charge in [0.2, 0.25) is 0 Å². The van der Waals surface area contributed by atoms with Crippen LogP contribution in [0.15, 0.2) is 30.5 Å². The number of carbonyl (C=O) groups excluding carboxylic acids is 1. The quantitative estimate of drug-likeness (QED) is 0.810. The molecule has 0 unspecified atom stereocenters. The summed E-state index contributed by atoms with van der Waals surface area (Å²) in [6.07, 6.45) is 6.29. The highest BCUT2D eigenvalue weighted by Crippen LogP contribution is 2.26. The van der Waals surface area contributed by atoms with Crippen molar-refractivity contribution in [3.8, 4) is 0 Å². The van der Waals surface area contributed by atoms with Crippen molar-refractivity contribution in [3.05, 3.63) is 36.3 Å². The Balaban J connectivity index is 1.84. The maximum absolute atomic E-state index is 13.1. The van der Waals surface area contributed by atoms with E-state index >= 15 is 0 Å². The fourth-order valence-corrected chi connectivity index (χ4v) is 2.85. The lowest BCUT2D eigenvalue weighted by molar-refractivity contribution is -0.123. The van der Waals surface area contributed by atoms with Gasteiger partial charge in [-0.2, -0.15) is 0 Å². The SMILES string of the molecule is O=C(Cn1ccc2cc(F)ccc21)C1CCCC1. The van der Waals surface area contributed by atoms with Crippen molar-refractivity contribution in [1.82, 2.24) is 4.57 Å². The van der Waals surface area contributed by atoms with Gasteiger partial charge in [0.25, 0.3) is 0 Å². The van der Waals surface area contributed by atoms with E-state index in [2.05, 4.69) is 0 Å². The molecule has 18 heavy (non-hydrogen) atoms. The summed E-state index contributed by atoms with van der Waals surface area (Å²) in [5.74, 6) is 0.319. The van der Waals surface area contributed by atoms with Gasteiger partial charge in [0.05, 0.1) is 6.54 Å². The maximum Gasteiger partial charge on any atom is 0.155 e. The Morgan fingerprint density at radius 2 is 2.06 bits per heavy atom. The third-order valence-electron chi connectivity index (χ3n) is 3.87. The number of nitrogens with zero attached hydrogens (tertiary/aromatic N) is 1. The zero-order chi connectivity index (χ0) is 12.5. The van der Waals surface area contributed by atoms with Crippen LogP contribution in [0.3, 0.4) is 0 Å². The van der Waals surface area contributed by atoms with Crippen LogP contribution >= 0.6 is 0 Å². The second-order valence-electron chi connectivity index (χ2n) is 5.09. The van der Waals surface area contributed by atoms with Crippen LogP contribution in [0.25, 0.3) is 10.9 Å². The number of aromatic nitrogens is 1. The first-order valence-electron chi connectivity index (χ1n) is 6.51. The van der Waals surface area contributed by atoms with E-state index in [1.54, 1.807) is 6.07 Å². The molecule has 0 bridgehead atoms. The molecule has 1 aliphatic rings. The Hall–Kier alpha value is -1.64. The number of hydrogen-bond acceptors (Lipinski definition) is 1. The Labute approximate surface area is 105 Å². The minimum Gasteiger partial charge on any atom is -0.340 e. The summed E-state index contributed by atoms with van der Waals surface area (Å²) in [6, 6.07) is 6.55. The van der Waals surface area contributed by atoms with Crippen molar-refractivity contribution in [1.29, 1.82) is 0 Å². The van der Waals surface area contributed by atoms with E-state index < -0.39 is 0 Å². The van der Waals surface area contributed by atoms with Gasteiger partial charge in [0.15, 0.2) is 5.78 Å². The van der Waals surface area contributed by atoms with Gasteiger partial charge in [0, 0.05) is 23.0 Å².